The maximum atomic E-state index is 5.25. The summed E-state index contributed by atoms with van der Waals surface area (Å²) < 4.78 is 6.92. The average molecular weight is 517 g/mol. The molecule has 5 heteroatoms. The van der Waals surface area contributed by atoms with Gasteiger partial charge in [-0.3, -0.25) is 9.55 Å². The van der Waals surface area contributed by atoms with Gasteiger partial charge < -0.3 is 4.57 Å². The van der Waals surface area contributed by atoms with Gasteiger partial charge in [-0.15, -0.1) is 11.3 Å². The van der Waals surface area contributed by atoms with Gasteiger partial charge >= 0.3 is 0 Å². The molecule has 4 aromatic carbocycles. The molecule has 0 N–H and O–H groups in total. The molecule has 0 unspecified atom stereocenters. The van der Waals surface area contributed by atoms with Gasteiger partial charge in [0.1, 0.15) is 16.9 Å². The van der Waals surface area contributed by atoms with Gasteiger partial charge in [0.15, 0.2) is 0 Å². The van der Waals surface area contributed by atoms with Crippen LogP contribution in [0, 0.1) is 0 Å². The summed E-state index contributed by atoms with van der Waals surface area (Å²) in [4.78, 5) is 10.1. The Balaban J connectivity index is 1.34. The Morgan fingerprint density at radius 1 is 0.487 bits per heavy atom. The fourth-order valence-corrected chi connectivity index (χ4v) is 7.26. The molecule has 0 saturated heterocycles. The van der Waals surface area contributed by atoms with E-state index in [9.17, 15) is 0 Å². The van der Waals surface area contributed by atoms with Crippen molar-refractivity contribution in [3.8, 4) is 11.5 Å². The van der Waals surface area contributed by atoms with Crippen molar-refractivity contribution < 1.29 is 0 Å². The molecule has 4 nitrogen and oxygen atoms in total. The quantitative estimate of drug-likeness (QED) is 0.230. The second-order valence-electron chi connectivity index (χ2n) is 9.87. The van der Waals surface area contributed by atoms with Crippen molar-refractivity contribution in [2.45, 2.75) is 0 Å². The Hall–Kier alpha value is -5.00. The second kappa shape index (κ2) is 7.76. The smallest absolute Gasteiger partial charge is 0.138 e. The van der Waals surface area contributed by atoms with Crippen LogP contribution in [-0.4, -0.2) is 19.1 Å². The topological polar surface area (TPSA) is 35.6 Å². The van der Waals surface area contributed by atoms with Crippen LogP contribution in [-0.2, 0) is 0 Å². The van der Waals surface area contributed by atoms with Gasteiger partial charge in [-0.1, -0.05) is 72.8 Å². The summed E-state index contributed by atoms with van der Waals surface area (Å²) in [6, 6.07) is 40.8. The zero-order chi connectivity index (χ0) is 25.5. The van der Waals surface area contributed by atoms with E-state index in [1.165, 1.54) is 32.6 Å². The molecule has 5 heterocycles. The molecule has 9 aromatic rings. The first-order valence-electron chi connectivity index (χ1n) is 13.0. The molecule has 0 bridgehead atoms. The van der Waals surface area contributed by atoms with E-state index in [0.717, 1.165) is 43.0 Å². The van der Waals surface area contributed by atoms with Crippen LogP contribution >= 0.6 is 11.3 Å². The van der Waals surface area contributed by atoms with Crippen molar-refractivity contribution in [1.82, 2.24) is 19.1 Å². The van der Waals surface area contributed by atoms with E-state index in [4.69, 9.17) is 9.97 Å². The number of fused-ring (bicyclic) bond motifs is 9. The van der Waals surface area contributed by atoms with Crippen molar-refractivity contribution in [2.24, 2.45) is 0 Å². The molecule has 9 rings (SSSR count). The third-order valence-electron chi connectivity index (χ3n) is 7.79. The first kappa shape index (κ1) is 21.0. The van der Waals surface area contributed by atoms with E-state index in [1.807, 2.05) is 6.20 Å². The Morgan fingerprint density at radius 2 is 1.00 bits per heavy atom. The van der Waals surface area contributed by atoms with Crippen molar-refractivity contribution >= 4 is 75.4 Å². The third kappa shape index (κ3) is 2.82. The largest absolute Gasteiger partial charge is 0.308 e. The zero-order valence-electron chi connectivity index (χ0n) is 20.7. The molecule has 0 aliphatic heterocycles. The first-order valence-corrected chi connectivity index (χ1v) is 13.8. The van der Waals surface area contributed by atoms with Crippen LogP contribution in [0.2, 0.25) is 0 Å². The summed E-state index contributed by atoms with van der Waals surface area (Å²) in [6.45, 7) is 0. The van der Waals surface area contributed by atoms with Gasteiger partial charge in [0.2, 0.25) is 0 Å². The minimum Gasteiger partial charge on any atom is -0.308 e. The fraction of sp³-hybridized carbons (Fsp3) is 0. The maximum Gasteiger partial charge on any atom is 0.138 e. The van der Waals surface area contributed by atoms with E-state index in [0.29, 0.717) is 0 Å². The molecular weight excluding hydrogens is 496 g/mol. The summed E-state index contributed by atoms with van der Waals surface area (Å²) in [5.41, 5.74) is 7.73. The average Bonchev–Trinajstić information content (AvgIpc) is 3.65. The van der Waals surface area contributed by atoms with E-state index in [2.05, 4.69) is 124 Å². The summed E-state index contributed by atoms with van der Waals surface area (Å²) in [5, 5.41) is 4.98. The lowest BCUT2D eigenvalue weighted by atomic mass is 10.2. The highest BCUT2D eigenvalue weighted by Crippen LogP contribution is 2.40. The lowest BCUT2D eigenvalue weighted by molar-refractivity contribution is 1.10. The normalized spacial score (nSPS) is 12.1. The van der Waals surface area contributed by atoms with E-state index >= 15 is 0 Å². The number of aromatic nitrogens is 4. The van der Waals surface area contributed by atoms with Gasteiger partial charge in [-0.2, -0.15) is 0 Å². The minimum absolute atomic E-state index is 0.906. The molecular formula is C34H20N4S. The molecule has 0 aliphatic carbocycles. The molecule has 0 fully saturated rings. The van der Waals surface area contributed by atoms with Gasteiger partial charge in [-0.25, -0.2) is 4.98 Å². The lowest BCUT2D eigenvalue weighted by Crippen LogP contribution is -1.97. The highest BCUT2D eigenvalue weighted by molar-refractivity contribution is 7.26. The van der Waals surface area contributed by atoms with Crippen LogP contribution in [0.15, 0.2) is 121 Å². The summed E-state index contributed by atoms with van der Waals surface area (Å²) in [6.07, 6.45) is 1.92. The molecule has 0 radical (unpaired) electrons. The second-order valence-corrected chi connectivity index (χ2v) is 10.9. The number of hydrogen-bond donors (Lipinski definition) is 0. The van der Waals surface area contributed by atoms with Gasteiger partial charge in [0, 0.05) is 27.7 Å². The number of rotatable bonds is 2. The number of para-hydroxylation sites is 4. The van der Waals surface area contributed by atoms with Crippen LogP contribution in [0.1, 0.15) is 0 Å². The Bertz CT molecular complexity index is 2300. The molecule has 5 aromatic heterocycles. The van der Waals surface area contributed by atoms with Gasteiger partial charge in [-0.05, 0) is 42.5 Å². The van der Waals surface area contributed by atoms with E-state index in [-0.39, 0.29) is 0 Å². The molecule has 0 spiro atoms. The van der Waals surface area contributed by atoms with Gasteiger partial charge in [0.25, 0.3) is 0 Å². The Kier molecular flexibility index (Phi) is 4.18. The van der Waals surface area contributed by atoms with E-state index in [1.54, 1.807) is 11.3 Å². The van der Waals surface area contributed by atoms with Crippen LogP contribution in [0.25, 0.3) is 75.6 Å². The predicted octanol–water partition coefficient (Wildman–Crippen LogP) is 9.04. The monoisotopic (exact) mass is 516 g/mol. The summed E-state index contributed by atoms with van der Waals surface area (Å²) in [5.74, 6) is 0.906. The van der Waals surface area contributed by atoms with E-state index < -0.39 is 0 Å². The first-order chi connectivity index (χ1) is 19.4. The lowest BCUT2D eigenvalue weighted by Gasteiger charge is -2.09. The number of benzene rings is 4. The standard InChI is InChI=1S/C34H20N4S/c1-5-13-25-21(9-1)22-10-2-6-14-26(22)37(25)29-19-20-35-33-32-30(39-34(29)33)17-18-31(36-32)38-27-15-7-3-11-23(27)24-12-4-8-16-28(24)38/h1-20H. The molecule has 0 amide bonds. The molecule has 0 atom stereocenters. The highest BCUT2D eigenvalue weighted by Gasteiger charge is 2.19. The van der Waals surface area contributed by atoms with Crippen molar-refractivity contribution in [1.29, 1.82) is 0 Å². The highest BCUT2D eigenvalue weighted by atomic mass is 32.1. The number of pyridine rings is 2. The number of hydrogen-bond acceptors (Lipinski definition) is 3. The summed E-state index contributed by atoms with van der Waals surface area (Å²) >= 11 is 1.76. The number of nitrogens with zero attached hydrogens (tertiary/aromatic N) is 4. The Labute approximate surface area is 227 Å². The van der Waals surface area contributed by atoms with Crippen LogP contribution < -0.4 is 0 Å². The molecule has 39 heavy (non-hydrogen) atoms. The SMILES string of the molecule is c1ccc2c(c1)c1ccccc1n2-c1ccc2sc3c(-n4c5ccccc5c5ccccc54)ccnc3c2n1. The van der Waals surface area contributed by atoms with Gasteiger partial charge in [0.05, 0.1) is 37.2 Å². The van der Waals surface area contributed by atoms with Crippen molar-refractivity contribution in [3.05, 3.63) is 121 Å². The number of thiophene rings is 1. The predicted molar refractivity (Wildman–Crippen MR) is 164 cm³/mol. The third-order valence-corrected chi connectivity index (χ3v) is 8.95. The molecule has 0 aliphatic rings. The zero-order valence-corrected chi connectivity index (χ0v) is 21.6. The van der Waals surface area contributed by atoms with Crippen LogP contribution in [0.5, 0.6) is 0 Å². The van der Waals surface area contributed by atoms with Crippen molar-refractivity contribution in [3.63, 3.8) is 0 Å². The summed E-state index contributed by atoms with van der Waals surface area (Å²) in [7, 11) is 0. The molecule has 182 valence electrons. The fourth-order valence-electron chi connectivity index (χ4n) is 6.16. The minimum atomic E-state index is 0.906. The Morgan fingerprint density at radius 3 is 1.56 bits per heavy atom. The van der Waals surface area contributed by atoms with Crippen molar-refractivity contribution in [2.75, 3.05) is 0 Å². The maximum absolute atomic E-state index is 5.25. The molecule has 0 saturated carbocycles. The van der Waals surface area contributed by atoms with Crippen LogP contribution in [0.3, 0.4) is 0 Å². The van der Waals surface area contributed by atoms with Crippen LogP contribution in [0.4, 0.5) is 0 Å².